The van der Waals surface area contributed by atoms with E-state index < -0.39 is 0 Å². The van der Waals surface area contributed by atoms with Gasteiger partial charge in [0.1, 0.15) is 0 Å². The smallest absolute Gasteiger partial charge is 0.219 e. The Bertz CT molecular complexity index is 788. The maximum atomic E-state index is 12.2. The third-order valence-electron chi connectivity index (χ3n) is 5.75. The van der Waals surface area contributed by atoms with Gasteiger partial charge in [-0.1, -0.05) is 24.3 Å². The summed E-state index contributed by atoms with van der Waals surface area (Å²) in [5, 5.41) is 0. The van der Waals surface area contributed by atoms with Crippen molar-refractivity contribution in [2.75, 3.05) is 39.9 Å². The van der Waals surface area contributed by atoms with Crippen molar-refractivity contribution >= 4 is 17.2 Å². The van der Waals surface area contributed by atoms with Crippen LogP contribution in [0.2, 0.25) is 0 Å². The lowest BCUT2D eigenvalue weighted by atomic mass is 9.86. The molecule has 28 heavy (non-hydrogen) atoms. The molecular formula is C23H32N2O2S. The predicted molar refractivity (Wildman–Crippen MR) is 116 cm³/mol. The fourth-order valence-corrected chi connectivity index (χ4v) is 5.22. The molecule has 152 valence electrons. The van der Waals surface area contributed by atoms with Crippen LogP contribution >= 0.6 is 11.3 Å². The number of amides is 1. The second-order valence-electron chi connectivity index (χ2n) is 7.89. The molecule has 4 nitrogen and oxygen atoms in total. The van der Waals surface area contributed by atoms with Gasteiger partial charge < -0.3 is 9.64 Å². The Morgan fingerprint density at radius 2 is 2.00 bits per heavy atom. The van der Waals surface area contributed by atoms with Crippen LogP contribution in [0.25, 0.3) is 0 Å². The SMILES string of the molecule is COCCN(CC1CN(Cc2ccc(C)s2)CC1c1ccccc1C)C(C)=O. The lowest BCUT2D eigenvalue weighted by molar-refractivity contribution is -0.130. The predicted octanol–water partition coefficient (Wildman–Crippen LogP) is 4.08. The number of carbonyl (C=O) groups is 1. The summed E-state index contributed by atoms with van der Waals surface area (Å²) in [5.41, 5.74) is 2.77. The van der Waals surface area contributed by atoms with Gasteiger partial charge in [0.25, 0.3) is 0 Å². The average molecular weight is 401 g/mol. The van der Waals surface area contributed by atoms with E-state index in [0.717, 1.165) is 26.2 Å². The van der Waals surface area contributed by atoms with E-state index in [2.05, 4.69) is 55.1 Å². The summed E-state index contributed by atoms with van der Waals surface area (Å²) in [6, 6.07) is 13.2. The van der Waals surface area contributed by atoms with Crippen molar-refractivity contribution in [1.29, 1.82) is 0 Å². The second kappa shape index (κ2) is 9.68. The molecule has 0 radical (unpaired) electrons. The summed E-state index contributed by atoms with van der Waals surface area (Å²) < 4.78 is 5.22. The average Bonchev–Trinajstić information content (AvgIpc) is 3.25. The van der Waals surface area contributed by atoms with Crippen molar-refractivity contribution in [1.82, 2.24) is 9.80 Å². The zero-order chi connectivity index (χ0) is 20.1. The Morgan fingerprint density at radius 3 is 2.64 bits per heavy atom. The number of nitrogens with zero attached hydrogens (tertiary/aromatic N) is 2. The van der Waals surface area contributed by atoms with Gasteiger partial charge in [-0.3, -0.25) is 9.69 Å². The molecule has 1 amide bonds. The first-order valence-electron chi connectivity index (χ1n) is 10.1. The molecule has 2 unspecified atom stereocenters. The number of ether oxygens (including phenoxy) is 1. The largest absolute Gasteiger partial charge is 0.383 e. The van der Waals surface area contributed by atoms with E-state index in [1.165, 1.54) is 20.9 Å². The zero-order valence-electron chi connectivity index (χ0n) is 17.5. The molecule has 0 spiro atoms. The van der Waals surface area contributed by atoms with Gasteiger partial charge in [-0.05, 0) is 43.0 Å². The highest BCUT2D eigenvalue weighted by molar-refractivity contribution is 7.11. The van der Waals surface area contributed by atoms with E-state index in [4.69, 9.17) is 4.74 Å². The molecule has 0 N–H and O–H groups in total. The van der Waals surface area contributed by atoms with Crippen LogP contribution in [0.4, 0.5) is 0 Å². The Kier molecular flexibility index (Phi) is 7.27. The normalized spacial score (nSPS) is 19.9. The van der Waals surface area contributed by atoms with Gasteiger partial charge in [0.05, 0.1) is 6.61 Å². The van der Waals surface area contributed by atoms with Gasteiger partial charge >= 0.3 is 0 Å². The molecule has 0 saturated carbocycles. The van der Waals surface area contributed by atoms with Gasteiger partial charge in [0, 0.05) is 62.4 Å². The highest BCUT2D eigenvalue weighted by atomic mass is 32.1. The maximum absolute atomic E-state index is 12.2. The number of likely N-dealkylation sites (tertiary alicyclic amines) is 1. The number of aryl methyl sites for hydroxylation is 2. The molecule has 5 heteroatoms. The standard InChI is InChI=1S/C23H32N2O2S/c1-17-7-5-6-8-22(17)23-16-24(15-21-10-9-18(2)28-21)13-20(23)14-25(19(3)26)11-12-27-4/h5-10,20,23H,11-16H2,1-4H3. The Balaban J connectivity index is 1.78. The first-order valence-corrected chi connectivity index (χ1v) is 10.9. The minimum atomic E-state index is 0.132. The van der Waals surface area contributed by atoms with Crippen molar-refractivity contribution in [3.8, 4) is 0 Å². The van der Waals surface area contributed by atoms with Gasteiger partial charge in [-0.15, -0.1) is 11.3 Å². The minimum Gasteiger partial charge on any atom is -0.383 e. The molecule has 1 aromatic carbocycles. The number of thiophene rings is 1. The first kappa shape index (κ1) is 21.0. The van der Waals surface area contributed by atoms with Crippen molar-refractivity contribution in [2.45, 2.75) is 33.2 Å². The van der Waals surface area contributed by atoms with Crippen LogP contribution in [0.1, 0.15) is 33.7 Å². The Morgan fingerprint density at radius 1 is 1.21 bits per heavy atom. The monoisotopic (exact) mass is 400 g/mol. The van der Waals surface area contributed by atoms with Gasteiger partial charge in [0.15, 0.2) is 0 Å². The summed E-state index contributed by atoms with van der Waals surface area (Å²) in [6.45, 7) is 11.1. The molecule has 2 aromatic rings. The molecule has 1 aliphatic rings. The van der Waals surface area contributed by atoms with Crippen LogP contribution in [-0.4, -0.2) is 55.6 Å². The number of methoxy groups -OCH3 is 1. The Labute approximate surface area is 173 Å². The third kappa shape index (κ3) is 5.22. The quantitative estimate of drug-likeness (QED) is 0.669. The zero-order valence-corrected chi connectivity index (χ0v) is 18.3. The first-order chi connectivity index (χ1) is 13.5. The molecular weight excluding hydrogens is 368 g/mol. The van der Waals surface area contributed by atoms with E-state index >= 15 is 0 Å². The lowest BCUT2D eigenvalue weighted by Gasteiger charge is -2.28. The molecule has 3 rings (SSSR count). The topological polar surface area (TPSA) is 32.8 Å². The Hall–Kier alpha value is -1.69. The number of carbonyl (C=O) groups excluding carboxylic acids is 1. The highest BCUT2D eigenvalue weighted by Gasteiger charge is 2.36. The summed E-state index contributed by atoms with van der Waals surface area (Å²) in [5.74, 6) is 1.02. The summed E-state index contributed by atoms with van der Waals surface area (Å²) in [7, 11) is 1.69. The molecule has 1 fully saturated rings. The summed E-state index contributed by atoms with van der Waals surface area (Å²) in [4.78, 5) is 19.5. The maximum Gasteiger partial charge on any atom is 0.219 e. The number of benzene rings is 1. The van der Waals surface area contributed by atoms with E-state index in [-0.39, 0.29) is 5.91 Å². The van der Waals surface area contributed by atoms with E-state index in [0.29, 0.717) is 25.0 Å². The van der Waals surface area contributed by atoms with Crippen LogP contribution in [0, 0.1) is 19.8 Å². The van der Waals surface area contributed by atoms with E-state index in [1.54, 1.807) is 14.0 Å². The van der Waals surface area contributed by atoms with Crippen molar-refractivity contribution < 1.29 is 9.53 Å². The number of hydrogen-bond acceptors (Lipinski definition) is 4. The van der Waals surface area contributed by atoms with Gasteiger partial charge in [-0.2, -0.15) is 0 Å². The van der Waals surface area contributed by atoms with Crippen molar-refractivity contribution in [2.24, 2.45) is 5.92 Å². The molecule has 0 bridgehead atoms. The molecule has 1 aromatic heterocycles. The second-order valence-corrected chi connectivity index (χ2v) is 9.26. The van der Waals surface area contributed by atoms with Crippen molar-refractivity contribution in [3.05, 3.63) is 57.3 Å². The van der Waals surface area contributed by atoms with Crippen LogP contribution in [0.15, 0.2) is 36.4 Å². The highest BCUT2D eigenvalue weighted by Crippen LogP contribution is 2.36. The van der Waals surface area contributed by atoms with E-state index in [9.17, 15) is 4.79 Å². The molecule has 0 aliphatic carbocycles. The lowest BCUT2D eigenvalue weighted by Crippen LogP contribution is -2.38. The van der Waals surface area contributed by atoms with Crippen LogP contribution in [0.5, 0.6) is 0 Å². The molecule has 1 saturated heterocycles. The van der Waals surface area contributed by atoms with Crippen LogP contribution in [0.3, 0.4) is 0 Å². The van der Waals surface area contributed by atoms with Gasteiger partial charge in [-0.25, -0.2) is 0 Å². The third-order valence-corrected chi connectivity index (χ3v) is 6.73. The number of rotatable bonds is 8. The van der Waals surface area contributed by atoms with Crippen LogP contribution < -0.4 is 0 Å². The fourth-order valence-electron chi connectivity index (χ4n) is 4.28. The van der Waals surface area contributed by atoms with Crippen LogP contribution in [-0.2, 0) is 16.1 Å². The molecule has 2 heterocycles. The molecule has 1 aliphatic heterocycles. The molecule has 2 atom stereocenters. The summed E-state index contributed by atoms with van der Waals surface area (Å²) in [6.07, 6.45) is 0. The van der Waals surface area contributed by atoms with Gasteiger partial charge in [0.2, 0.25) is 5.91 Å². The fraction of sp³-hybridized carbons (Fsp3) is 0.522. The van der Waals surface area contributed by atoms with Crippen molar-refractivity contribution in [3.63, 3.8) is 0 Å². The minimum absolute atomic E-state index is 0.132. The van der Waals surface area contributed by atoms with E-state index in [1.807, 2.05) is 16.2 Å². The summed E-state index contributed by atoms with van der Waals surface area (Å²) >= 11 is 1.88. The number of hydrogen-bond donors (Lipinski definition) is 0.